The highest BCUT2D eigenvalue weighted by Crippen LogP contribution is 2.36. The smallest absolute Gasteiger partial charge is 0.213 e. The van der Waals surface area contributed by atoms with Crippen LogP contribution in [0, 0.1) is 5.92 Å². The molecule has 0 amide bonds. The summed E-state index contributed by atoms with van der Waals surface area (Å²) in [6, 6.07) is 34.0. The number of hydrogen-bond donors (Lipinski definition) is 0. The third kappa shape index (κ3) is 10.3. The maximum absolute atomic E-state index is 6.83. The number of benzene rings is 4. The molecule has 1 saturated heterocycles. The Kier molecular flexibility index (Phi) is 11.1. The minimum atomic E-state index is -2.13. The molecule has 1 aliphatic carbocycles. The molecule has 8 heteroatoms. The first-order valence-electron chi connectivity index (χ1n) is 18.4. The van der Waals surface area contributed by atoms with Gasteiger partial charge in [0.1, 0.15) is 48.2 Å². The topological polar surface area (TPSA) is 58.7 Å². The summed E-state index contributed by atoms with van der Waals surface area (Å²) in [7, 11) is -4.26. The quantitative estimate of drug-likeness (QED) is 0.0753. The summed E-state index contributed by atoms with van der Waals surface area (Å²) in [5.41, 5.74) is 4.68. The Morgan fingerprint density at radius 3 is 1.14 bits per heavy atom. The minimum Gasteiger partial charge on any atom is -0.494 e. The monoisotopic (exact) mass is 724 g/mol. The van der Waals surface area contributed by atoms with Crippen molar-refractivity contribution in [1.29, 1.82) is 0 Å². The van der Waals surface area contributed by atoms with E-state index in [2.05, 4.69) is 139 Å². The van der Waals surface area contributed by atoms with Gasteiger partial charge in [-0.15, -0.1) is 0 Å². The van der Waals surface area contributed by atoms with Crippen LogP contribution in [0.2, 0.25) is 26.2 Å². The van der Waals surface area contributed by atoms with Crippen LogP contribution in [0.3, 0.4) is 0 Å². The summed E-state index contributed by atoms with van der Waals surface area (Å²) >= 11 is 0. The minimum absolute atomic E-state index is 0.135. The molecule has 0 spiro atoms. The molecule has 1 aliphatic heterocycles. The van der Waals surface area contributed by atoms with Crippen molar-refractivity contribution in [3.63, 3.8) is 0 Å². The molecule has 6 nitrogen and oxygen atoms in total. The van der Waals surface area contributed by atoms with E-state index < -0.39 is 16.6 Å². The van der Waals surface area contributed by atoms with E-state index in [0.29, 0.717) is 19.1 Å². The van der Waals surface area contributed by atoms with E-state index in [-0.39, 0.29) is 16.9 Å². The van der Waals surface area contributed by atoms with Crippen molar-refractivity contribution in [3.05, 3.63) is 119 Å². The first-order chi connectivity index (χ1) is 24.2. The molecule has 2 fully saturated rings. The first kappa shape index (κ1) is 37.2. The third-order valence-corrected chi connectivity index (χ3v) is 16.2. The Morgan fingerprint density at radius 2 is 0.824 bits per heavy atom. The van der Waals surface area contributed by atoms with Gasteiger partial charge in [-0.3, -0.25) is 0 Å². The Morgan fingerprint density at radius 1 is 0.510 bits per heavy atom. The molecule has 1 saturated carbocycles. The number of rotatable bonds is 18. The fourth-order valence-electron chi connectivity index (χ4n) is 6.38. The molecule has 0 bridgehead atoms. The van der Waals surface area contributed by atoms with Crippen molar-refractivity contribution in [2.24, 2.45) is 5.92 Å². The molecule has 2 aliphatic rings. The van der Waals surface area contributed by atoms with Crippen LogP contribution < -0.4 is 18.9 Å². The Labute approximate surface area is 307 Å². The van der Waals surface area contributed by atoms with Crippen molar-refractivity contribution in [2.45, 2.75) is 83.7 Å². The van der Waals surface area contributed by atoms with Crippen molar-refractivity contribution in [1.82, 2.24) is 0 Å². The second kappa shape index (κ2) is 15.2. The molecule has 0 aromatic heterocycles. The molecule has 1 atom stereocenters. The van der Waals surface area contributed by atoms with Crippen molar-refractivity contribution in [2.75, 3.05) is 32.3 Å². The zero-order valence-electron chi connectivity index (χ0n) is 31.8. The lowest BCUT2D eigenvalue weighted by atomic mass is 9.78. The molecule has 4 aromatic rings. The summed E-state index contributed by atoms with van der Waals surface area (Å²) in [4.78, 5) is 0. The Balaban J connectivity index is 0.966. The second-order valence-corrected chi connectivity index (χ2v) is 25.0. The molecule has 4 aromatic carbocycles. The van der Waals surface area contributed by atoms with Gasteiger partial charge in [-0.25, -0.2) is 0 Å². The summed E-state index contributed by atoms with van der Waals surface area (Å²) in [6.45, 7) is 20.2. The van der Waals surface area contributed by atoms with Gasteiger partial charge in [0.2, 0.25) is 16.6 Å². The zero-order valence-corrected chi connectivity index (χ0v) is 33.8. The molecule has 0 N–H and O–H groups in total. The molecule has 272 valence electrons. The summed E-state index contributed by atoms with van der Waals surface area (Å²) in [5.74, 6) is 4.31. The van der Waals surface area contributed by atoms with Crippen molar-refractivity contribution in [3.8, 4) is 23.0 Å². The molecule has 1 unspecified atom stereocenters. The maximum atomic E-state index is 6.83. The lowest BCUT2D eigenvalue weighted by Crippen LogP contribution is -2.51. The normalized spacial score (nSPS) is 16.4. The molecule has 6 rings (SSSR count). The van der Waals surface area contributed by atoms with E-state index in [0.717, 1.165) is 42.1 Å². The van der Waals surface area contributed by atoms with Crippen LogP contribution in [0.4, 0.5) is 0 Å². The van der Waals surface area contributed by atoms with Crippen LogP contribution in [0.25, 0.3) is 0 Å². The lowest BCUT2D eigenvalue weighted by molar-refractivity contribution is 0.263. The fraction of sp³-hybridized carbons (Fsp3) is 0.442. The predicted molar refractivity (Wildman–Crippen MR) is 211 cm³/mol. The SMILES string of the molecule is CC(C)(c1ccc(OCC2CC2)cc1)c1ccc(OC[Si](C)(C)O[Si](C)(C)COc2ccc(C(C)(C)c3ccc(OCC4CO4)cc3)cc2)cc1. The van der Waals surface area contributed by atoms with Gasteiger partial charge in [-0.2, -0.15) is 0 Å². The molecule has 1 heterocycles. The van der Waals surface area contributed by atoms with E-state index in [1.165, 1.54) is 35.1 Å². The van der Waals surface area contributed by atoms with E-state index >= 15 is 0 Å². The van der Waals surface area contributed by atoms with E-state index in [1.54, 1.807) is 0 Å². The summed E-state index contributed by atoms with van der Waals surface area (Å²) < 4.78 is 36.5. The Hall–Kier alpha value is -3.57. The number of ether oxygens (including phenoxy) is 5. The highest BCUT2D eigenvalue weighted by molar-refractivity contribution is 6.84. The van der Waals surface area contributed by atoms with E-state index in [1.807, 2.05) is 12.1 Å². The average Bonchev–Trinajstić information content (AvgIpc) is 4.05. The predicted octanol–water partition coefficient (Wildman–Crippen LogP) is 9.87. The van der Waals surface area contributed by atoms with Crippen LogP contribution >= 0.6 is 0 Å². The van der Waals surface area contributed by atoms with Gasteiger partial charge in [-0.1, -0.05) is 76.2 Å². The molecular formula is C43H56O6Si2. The van der Waals surface area contributed by atoms with Gasteiger partial charge in [-0.05, 0) is 116 Å². The van der Waals surface area contributed by atoms with Gasteiger partial charge in [0.15, 0.2) is 0 Å². The van der Waals surface area contributed by atoms with Gasteiger partial charge in [0.05, 0.1) is 13.2 Å². The highest BCUT2D eigenvalue weighted by atomic mass is 28.4. The van der Waals surface area contributed by atoms with Crippen molar-refractivity contribution < 1.29 is 27.8 Å². The van der Waals surface area contributed by atoms with Crippen LogP contribution in [0.5, 0.6) is 23.0 Å². The fourth-order valence-corrected chi connectivity index (χ4v) is 13.9. The van der Waals surface area contributed by atoms with Crippen LogP contribution in [-0.2, 0) is 19.7 Å². The van der Waals surface area contributed by atoms with Gasteiger partial charge in [0, 0.05) is 10.8 Å². The first-order valence-corrected chi connectivity index (χ1v) is 24.7. The van der Waals surface area contributed by atoms with Crippen LogP contribution in [0.1, 0.15) is 62.8 Å². The number of hydrogen-bond acceptors (Lipinski definition) is 6. The average molecular weight is 725 g/mol. The largest absolute Gasteiger partial charge is 0.494 e. The van der Waals surface area contributed by atoms with Crippen molar-refractivity contribution >= 4 is 16.6 Å². The zero-order chi connectivity index (χ0) is 36.3. The third-order valence-electron chi connectivity index (χ3n) is 10.1. The van der Waals surface area contributed by atoms with Crippen LogP contribution in [0.15, 0.2) is 97.1 Å². The second-order valence-electron chi connectivity index (χ2n) is 16.6. The van der Waals surface area contributed by atoms with Gasteiger partial charge in [0.25, 0.3) is 0 Å². The van der Waals surface area contributed by atoms with Gasteiger partial charge < -0.3 is 27.8 Å². The lowest BCUT2D eigenvalue weighted by Gasteiger charge is -2.33. The highest BCUT2D eigenvalue weighted by Gasteiger charge is 2.35. The molecule has 0 radical (unpaired) electrons. The van der Waals surface area contributed by atoms with E-state index in [4.69, 9.17) is 27.8 Å². The molecule has 51 heavy (non-hydrogen) atoms. The summed E-state index contributed by atoms with van der Waals surface area (Å²) in [6.07, 6.45) is 4.02. The Bertz CT molecular complexity index is 1580. The maximum Gasteiger partial charge on any atom is 0.213 e. The van der Waals surface area contributed by atoms with E-state index in [9.17, 15) is 0 Å². The molecular weight excluding hydrogens is 669 g/mol. The van der Waals surface area contributed by atoms with Crippen LogP contribution in [-0.4, -0.2) is 55.0 Å². The standard InChI is InChI=1S/C43H56O6Si2/c1-42(2,33-11-19-37(20-12-33)44-27-32-9-10-32)35-15-23-39(24-16-35)47-30-50(5,6)49-51(7,8)31-48-40-25-17-36(18-26-40)43(3,4)34-13-21-38(22-14-34)45-28-41-29-46-41/h11-26,32,41H,9-10,27-31H2,1-8H3. The number of epoxide rings is 1. The summed E-state index contributed by atoms with van der Waals surface area (Å²) in [5, 5.41) is 0. The van der Waals surface area contributed by atoms with Gasteiger partial charge >= 0.3 is 0 Å².